The molecule has 9 nitrogen and oxygen atoms in total. The molecule has 410 valence electrons. The molecule has 0 amide bonds. The van der Waals surface area contributed by atoms with Gasteiger partial charge in [-0.1, -0.05) is 70.5 Å². The van der Waals surface area contributed by atoms with E-state index in [1.54, 1.807) is 66.7 Å². The highest BCUT2D eigenvalue weighted by Crippen LogP contribution is 2.34. The van der Waals surface area contributed by atoms with Gasteiger partial charge in [0.05, 0.1) is 23.4 Å². The topological polar surface area (TPSA) is 95.9 Å². The molecule has 3 unspecified atom stereocenters. The average molecular weight is 1130 g/mol. The fraction of sp³-hybridized carbons (Fsp3) is 0.464. The molecular formula is C56H72BrClF7N3O6. The summed E-state index contributed by atoms with van der Waals surface area (Å²) in [5, 5.41) is 23.1. The van der Waals surface area contributed by atoms with Gasteiger partial charge in [0.15, 0.2) is 34.7 Å². The van der Waals surface area contributed by atoms with Crippen LogP contribution in [0.3, 0.4) is 0 Å². The Labute approximate surface area is 446 Å². The summed E-state index contributed by atoms with van der Waals surface area (Å²) in [5.74, 6) is -0.182. The molecule has 0 saturated carbocycles. The molecule has 0 aliphatic carbocycles. The first-order chi connectivity index (χ1) is 34.7. The molecule has 5 aromatic carbocycles. The Balaban J connectivity index is 0.000000268. The predicted octanol–water partition coefficient (Wildman–Crippen LogP) is 12.5. The molecule has 3 atom stereocenters. The maximum atomic E-state index is 13.6. The number of ether oxygens (including phenoxy) is 4. The lowest BCUT2D eigenvalue weighted by Gasteiger charge is -2.40. The highest BCUT2D eigenvalue weighted by molar-refractivity contribution is 9.09. The molecule has 74 heavy (non-hydrogen) atoms. The maximum absolute atomic E-state index is 13.6. The third-order valence-corrected chi connectivity index (χ3v) is 12.1. The van der Waals surface area contributed by atoms with Crippen LogP contribution in [0.1, 0.15) is 70.4 Å². The predicted molar refractivity (Wildman–Crippen MR) is 283 cm³/mol. The van der Waals surface area contributed by atoms with E-state index in [0.717, 1.165) is 82.4 Å². The van der Waals surface area contributed by atoms with Gasteiger partial charge in [0.1, 0.15) is 30.4 Å². The van der Waals surface area contributed by atoms with Gasteiger partial charge in [-0.15, -0.1) is 12.4 Å². The van der Waals surface area contributed by atoms with Gasteiger partial charge in [0.25, 0.3) is 0 Å². The molecule has 0 radical (unpaired) electrons. The van der Waals surface area contributed by atoms with Crippen LogP contribution in [-0.4, -0.2) is 114 Å². The van der Waals surface area contributed by atoms with E-state index in [1.807, 2.05) is 33.8 Å². The van der Waals surface area contributed by atoms with Gasteiger partial charge in [-0.3, -0.25) is 9.80 Å². The normalized spacial score (nSPS) is 20.7. The Morgan fingerprint density at radius 1 is 0.608 bits per heavy atom. The van der Waals surface area contributed by atoms with Gasteiger partial charge < -0.3 is 34.5 Å². The fourth-order valence-electron chi connectivity index (χ4n) is 8.17. The van der Waals surface area contributed by atoms with Crippen molar-refractivity contribution in [1.29, 1.82) is 0 Å². The zero-order valence-corrected chi connectivity index (χ0v) is 45.0. The van der Waals surface area contributed by atoms with E-state index in [9.17, 15) is 40.9 Å². The van der Waals surface area contributed by atoms with Crippen molar-refractivity contribution in [3.63, 3.8) is 0 Å². The molecule has 3 N–H and O–H groups in total. The van der Waals surface area contributed by atoms with E-state index < -0.39 is 34.4 Å². The second kappa shape index (κ2) is 32.1. The van der Waals surface area contributed by atoms with Crippen LogP contribution in [-0.2, 0) is 6.18 Å². The highest BCUT2D eigenvalue weighted by atomic mass is 79.9. The molecule has 18 heteroatoms. The number of nitrogens with zero attached hydrogens (tertiary/aromatic N) is 2. The first-order valence-corrected chi connectivity index (χ1v) is 25.6. The minimum Gasteiger partial charge on any atom is -0.490 e. The van der Waals surface area contributed by atoms with Gasteiger partial charge in [-0.05, 0) is 158 Å². The van der Waals surface area contributed by atoms with E-state index in [0.29, 0.717) is 62.8 Å². The van der Waals surface area contributed by atoms with Crippen LogP contribution in [0.4, 0.5) is 30.7 Å². The van der Waals surface area contributed by atoms with Crippen LogP contribution in [0, 0.1) is 30.2 Å². The lowest BCUT2D eigenvalue weighted by atomic mass is 9.94. The molecule has 8 rings (SSSR count). The molecule has 3 fully saturated rings. The summed E-state index contributed by atoms with van der Waals surface area (Å²) >= 11 is 3.18. The summed E-state index contributed by atoms with van der Waals surface area (Å²) in [6, 6.07) is 30.5. The maximum Gasteiger partial charge on any atom is 0.416 e. The Bertz CT molecular complexity index is 2340. The summed E-state index contributed by atoms with van der Waals surface area (Å²) in [5.41, 5.74) is -1.39. The second-order valence-electron chi connectivity index (χ2n) is 18.9. The number of hydrogen-bond donors (Lipinski definition) is 3. The molecule has 3 saturated heterocycles. The Hall–Kier alpha value is -4.62. The van der Waals surface area contributed by atoms with Gasteiger partial charge in [-0.2, -0.15) is 13.2 Å². The number of piperidine rings is 3. The van der Waals surface area contributed by atoms with Crippen molar-refractivity contribution in [2.24, 2.45) is 0 Å². The van der Waals surface area contributed by atoms with Crippen LogP contribution in [0.25, 0.3) is 0 Å². The first-order valence-electron chi connectivity index (χ1n) is 24.5. The minimum absolute atomic E-state index is 0. The summed E-state index contributed by atoms with van der Waals surface area (Å²) in [6.45, 7) is 14.9. The van der Waals surface area contributed by atoms with Crippen LogP contribution < -0.4 is 24.3 Å². The zero-order valence-electron chi connectivity index (χ0n) is 42.6. The number of β-amino-alcohol motifs (C(OH)–C–C–N with tert-alkyl or cyclic N) is 2. The van der Waals surface area contributed by atoms with Crippen molar-refractivity contribution in [2.75, 3.05) is 77.5 Å². The monoisotopic (exact) mass is 1130 g/mol. The molecular weight excluding hydrogens is 1060 g/mol. The quantitative estimate of drug-likeness (QED) is 0.0787. The Morgan fingerprint density at radius 2 is 1.11 bits per heavy atom. The van der Waals surface area contributed by atoms with Crippen LogP contribution in [0.5, 0.6) is 23.0 Å². The smallest absolute Gasteiger partial charge is 0.416 e. The zero-order chi connectivity index (χ0) is 53.3. The number of alkyl halides is 4. The van der Waals surface area contributed by atoms with Crippen molar-refractivity contribution in [1.82, 2.24) is 15.1 Å². The number of rotatable bonds is 13. The van der Waals surface area contributed by atoms with Crippen molar-refractivity contribution < 1.29 is 59.9 Å². The largest absolute Gasteiger partial charge is 0.490 e. The summed E-state index contributed by atoms with van der Waals surface area (Å²) in [4.78, 5) is 4.28. The highest BCUT2D eigenvalue weighted by Gasteiger charge is 2.35. The van der Waals surface area contributed by atoms with Crippen molar-refractivity contribution >= 4 is 28.3 Å². The third-order valence-electron chi connectivity index (χ3n) is 11.7. The van der Waals surface area contributed by atoms with Crippen molar-refractivity contribution in [3.05, 3.63) is 156 Å². The molecule has 0 bridgehead atoms. The second-order valence-corrected chi connectivity index (χ2v) is 19.7. The number of benzene rings is 5. The van der Waals surface area contributed by atoms with E-state index in [1.165, 1.54) is 36.4 Å². The SMILES string of the molecule is CC1(O)CCCN(CCOc2ccccc2F)C1.CC1(O)CCCNC1.CC1(Oc2cccc(C(F)(F)F)c2)CCCN(CCOc2ccccc2F)C1.Cc1cccc(F)c1.Cl.Fc1ccccc1OCCBr. The number of aryl methyl sites for hydroxylation is 1. The van der Waals surface area contributed by atoms with Crippen LogP contribution in [0.2, 0.25) is 0 Å². The van der Waals surface area contributed by atoms with Gasteiger partial charge >= 0.3 is 6.18 Å². The summed E-state index contributed by atoms with van der Waals surface area (Å²) in [7, 11) is 0. The fourth-order valence-corrected chi connectivity index (χ4v) is 8.33. The van der Waals surface area contributed by atoms with Crippen LogP contribution in [0.15, 0.2) is 121 Å². The Morgan fingerprint density at radius 3 is 1.54 bits per heavy atom. The average Bonchev–Trinajstić information content (AvgIpc) is 3.33. The first kappa shape index (κ1) is 63.7. The van der Waals surface area contributed by atoms with Gasteiger partial charge in [-0.25, -0.2) is 17.6 Å². The molecule has 5 aromatic rings. The lowest BCUT2D eigenvalue weighted by Crippen LogP contribution is -2.50. The summed E-state index contributed by atoms with van der Waals surface area (Å²) in [6.07, 6.45) is 1.09. The van der Waals surface area contributed by atoms with Crippen molar-refractivity contribution in [3.8, 4) is 23.0 Å². The molecule has 3 aliphatic heterocycles. The Kier molecular flexibility index (Phi) is 27.6. The number of halogens is 9. The standard InChI is InChI=1S/C21H23F4NO2.C14H20FNO2.C8H8BrFO.C7H7F.C6H13NO.ClH/c1-20(28-17-7-4-6-16(14-17)21(23,24)25)10-5-11-26(15-20)12-13-27-19-9-3-2-8-18(19)22;1-14(17)7-4-8-16(11-14)9-10-18-13-6-3-2-5-12(13)15;9-5-6-11-8-4-2-1-3-7(8)10;1-6-3-2-4-7(8)5-6;1-6(8)3-2-4-7-5-6;/h2-4,6-9,14H,5,10-13,15H2,1H3;2-3,5-6,17H,4,7-11H2,1H3;1-4H,5-6H2;2-5H,1H3;7-8H,2-5H2,1H3;1H. The molecule has 3 aliphatic rings. The minimum atomic E-state index is -4.40. The number of likely N-dealkylation sites (tertiary alicyclic amines) is 2. The molecule has 0 aromatic heterocycles. The number of hydrogen-bond acceptors (Lipinski definition) is 9. The lowest BCUT2D eigenvalue weighted by molar-refractivity contribution is -0.137. The van der Waals surface area contributed by atoms with E-state index in [-0.39, 0.29) is 41.4 Å². The third kappa shape index (κ3) is 24.8. The number of aliphatic hydroxyl groups is 2. The van der Waals surface area contributed by atoms with E-state index >= 15 is 0 Å². The van der Waals surface area contributed by atoms with Crippen molar-refractivity contribution in [2.45, 2.75) is 89.2 Å². The summed E-state index contributed by atoms with van der Waals surface area (Å²) < 4.78 is 112. The van der Waals surface area contributed by atoms with Gasteiger partial charge in [0, 0.05) is 38.1 Å². The number of para-hydroxylation sites is 3. The number of nitrogens with one attached hydrogen (secondary N) is 1. The van der Waals surface area contributed by atoms with E-state index in [2.05, 4.69) is 31.0 Å². The molecule has 0 spiro atoms. The van der Waals surface area contributed by atoms with Gasteiger partial charge in [0.2, 0.25) is 0 Å². The van der Waals surface area contributed by atoms with E-state index in [4.69, 9.17) is 18.9 Å². The van der Waals surface area contributed by atoms with Crippen LogP contribution >= 0.6 is 28.3 Å². The molecule has 3 heterocycles.